The van der Waals surface area contributed by atoms with Crippen LogP contribution in [-0.4, -0.2) is 21.0 Å². The summed E-state index contributed by atoms with van der Waals surface area (Å²) in [5, 5.41) is 8.58. The Morgan fingerprint density at radius 1 is 0.651 bits per heavy atom. The molecule has 0 aliphatic rings. The number of urea groups is 1. The lowest BCUT2D eigenvalue weighted by molar-refractivity contribution is 0.256. The monoisotopic (exact) mass is 580 g/mol. The van der Waals surface area contributed by atoms with Gasteiger partial charge in [0.25, 0.3) is 0 Å². The standard InChI is InChI=1S/C23H27N3O.C11H13N.CH4N2O/c1-22(2,3)17-11-7-15(8-12-17)19-24-20(26-21(27)25-19)16-9-13-18(14-10-16)23(4,5)6;1-11(2,3)10-6-4-9(8-12)5-7-10;2-1(3)4/h7-14H,1-6H3,(H,24,25,26,27);4-7H,1-3H3;(H4,2,3,4). The smallest absolute Gasteiger partial charge is 0.348 e. The predicted molar refractivity (Wildman–Crippen MR) is 175 cm³/mol. The number of nitrogens with one attached hydrogen (secondary N) is 1. The van der Waals surface area contributed by atoms with Gasteiger partial charge in [0, 0.05) is 11.1 Å². The Hall–Kier alpha value is -4.77. The molecule has 1 heterocycles. The largest absolute Gasteiger partial charge is 0.352 e. The van der Waals surface area contributed by atoms with Crippen LogP contribution >= 0.6 is 0 Å². The number of aromatic nitrogens is 3. The van der Waals surface area contributed by atoms with Gasteiger partial charge in [0.05, 0.1) is 11.6 Å². The van der Waals surface area contributed by atoms with Crippen molar-refractivity contribution in [3.8, 4) is 28.8 Å². The molecular weight excluding hydrogens is 536 g/mol. The second kappa shape index (κ2) is 13.9. The number of primary amides is 2. The first-order valence-electron chi connectivity index (χ1n) is 14.1. The van der Waals surface area contributed by atoms with Crippen LogP contribution in [0.1, 0.15) is 84.6 Å². The number of nitrogens with two attached hydrogens (primary N) is 2. The Labute approximate surface area is 255 Å². The van der Waals surface area contributed by atoms with Crippen LogP contribution < -0.4 is 17.2 Å². The molecule has 0 aliphatic carbocycles. The number of hydrogen-bond donors (Lipinski definition) is 3. The van der Waals surface area contributed by atoms with Crippen LogP contribution in [0.4, 0.5) is 4.79 Å². The lowest BCUT2D eigenvalue weighted by Crippen LogP contribution is -2.18. The summed E-state index contributed by atoms with van der Waals surface area (Å²) in [6.45, 7) is 19.5. The van der Waals surface area contributed by atoms with E-state index in [1.807, 2.05) is 48.5 Å². The summed E-state index contributed by atoms with van der Waals surface area (Å²) < 4.78 is 0. The molecule has 8 heteroatoms. The number of nitriles is 1. The number of H-pyrrole nitrogens is 1. The van der Waals surface area contributed by atoms with Gasteiger partial charge in [0.2, 0.25) is 0 Å². The van der Waals surface area contributed by atoms with E-state index < -0.39 is 11.7 Å². The van der Waals surface area contributed by atoms with Crippen LogP contribution in [0.3, 0.4) is 0 Å². The summed E-state index contributed by atoms with van der Waals surface area (Å²) in [5.41, 5.74) is 14.6. The van der Waals surface area contributed by atoms with Gasteiger partial charge in [-0.05, 0) is 45.1 Å². The van der Waals surface area contributed by atoms with Crippen molar-refractivity contribution < 1.29 is 4.79 Å². The topological polar surface area (TPSA) is 152 Å². The van der Waals surface area contributed by atoms with Crippen molar-refractivity contribution in [1.82, 2.24) is 15.0 Å². The van der Waals surface area contributed by atoms with E-state index in [-0.39, 0.29) is 16.2 Å². The maximum absolute atomic E-state index is 12.1. The van der Waals surface area contributed by atoms with Crippen molar-refractivity contribution in [2.24, 2.45) is 11.5 Å². The summed E-state index contributed by atoms with van der Waals surface area (Å²) in [6, 6.07) is 25.2. The zero-order valence-electron chi connectivity index (χ0n) is 26.7. The SMILES string of the molecule is CC(C)(C)c1ccc(-c2nc(-c3ccc(C(C)(C)C)cc3)[nH]c(=O)n2)cc1.CC(C)(C)c1ccc(C#N)cc1.NC(N)=O. The van der Waals surface area contributed by atoms with Gasteiger partial charge in [-0.1, -0.05) is 123 Å². The molecule has 0 spiro atoms. The van der Waals surface area contributed by atoms with Crippen LogP contribution in [0, 0.1) is 11.3 Å². The quantitative estimate of drug-likeness (QED) is 0.234. The molecular formula is C35H44N6O2. The molecule has 3 aromatic carbocycles. The average molecular weight is 581 g/mol. The van der Waals surface area contributed by atoms with Crippen LogP contribution in [0.15, 0.2) is 77.6 Å². The molecule has 0 bridgehead atoms. The minimum Gasteiger partial charge on any atom is -0.352 e. The van der Waals surface area contributed by atoms with E-state index in [9.17, 15) is 4.79 Å². The zero-order chi connectivity index (χ0) is 32.6. The first kappa shape index (κ1) is 34.4. The zero-order valence-corrected chi connectivity index (χ0v) is 26.7. The summed E-state index contributed by atoms with van der Waals surface area (Å²) >= 11 is 0. The molecule has 0 atom stereocenters. The number of benzene rings is 3. The van der Waals surface area contributed by atoms with Gasteiger partial charge in [-0.3, -0.25) is 4.98 Å². The summed E-state index contributed by atoms with van der Waals surface area (Å²) in [5.74, 6) is 0.972. The Bertz CT molecular complexity index is 1510. The molecule has 5 N–H and O–H groups in total. The highest BCUT2D eigenvalue weighted by atomic mass is 16.2. The van der Waals surface area contributed by atoms with Gasteiger partial charge in [-0.25, -0.2) is 14.6 Å². The minimum absolute atomic E-state index is 0.0769. The van der Waals surface area contributed by atoms with Crippen LogP contribution in [0.2, 0.25) is 0 Å². The molecule has 0 saturated heterocycles. The van der Waals surface area contributed by atoms with E-state index >= 15 is 0 Å². The molecule has 1 aromatic heterocycles. The Morgan fingerprint density at radius 3 is 1.35 bits per heavy atom. The fourth-order valence-electron chi connectivity index (χ4n) is 3.94. The number of nitrogens with zero attached hydrogens (tertiary/aromatic N) is 3. The van der Waals surface area contributed by atoms with Gasteiger partial charge < -0.3 is 11.5 Å². The fraction of sp³-hybridized carbons (Fsp3) is 0.343. The average Bonchev–Trinajstić information content (AvgIpc) is 2.91. The first-order chi connectivity index (χ1) is 19.8. The van der Waals surface area contributed by atoms with Crippen molar-refractivity contribution in [2.75, 3.05) is 0 Å². The molecule has 226 valence electrons. The normalized spacial score (nSPS) is 11.3. The molecule has 0 aliphatic heterocycles. The second-order valence-corrected chi connectivity index (χ2v) is 13.3. The number of hydrogen-bond acceptors (Lipinski definition) is 5. The fourth-order valence-corrected chi connectivity index (χ4v) is 3.94. The number of carbonyl (C=O) groups is 1. The van der Waals surface area contributed by atoms with E-state index in [0.717, 1.165) is 16.7 Å². The minimum atomic E-state index is -0.833. The third-order valence-corrected chi connectivity index (χ3v) is 6.56. The van der Waals surface area contributed by atoms with Crippen molar-refractivity contribution in [3.63, 3.8) is 0 Å². The van der Waals surface area contributed by atoms with E-state index in [2.05, 4.69) is 119 Å². The predicted octanol–water partition coefficient (Wildman–Crippen LogP) is 6.97. The van der Waals surface area contributed by atoms with Crippen LogP contribution in [-0.2, 0) is 16.2 Å². The lowest BCUT2D eigenvalue weighted by Gasteiger charge is -2.19. The van der Waals surface area contributed by atoms with E-state index in [1.54, 1.807) is 0 Å². The summed E-state index contributed by atoms with van der Waals surface area (Å²) in [6.07, 6.45) is 0. The first-order valence-corrected chi connectivity index (χ1v) is 14.1. The highest BCUT2D eigenvalue weighted by molar-refractivity contribution is 5.69. The maximum atomic E-state index is 12.1. The van der Waals surface area contributed by atoms with Gasteiger partial charge in [0.1, 0.15) is 5.82 Å². The van der Waals surface area contributed by atoms with Gasteiger partial charge in [-0.15, -0.1) is 0 Å². The molecule has 2 amide bonds. The third kappa shape index (κ3) is 10.9. The molecule has 0 saturated carbocycles. The van der Waals surface area contributed by atoms with E-state index in [1.165, 1.54) is 16.7 Å². The third-order valence-electron chi connectivity index (χ3n) is 6.56. The van der Waals surface area contributed by atoms with Crippen molar-refractivity contribution >= 4 is 6.03 Å². The highest BCUT2D eigenvalue weighted by Crippen LogP contribution is 2.27. The molecule has 0 unspecified atom stereocenters. The van der Waals surface area contributed by atoms with Crippen LogP contribution in [0.25, 0.3) is 22.8 Å². The van der Waals surface area contributed by atoms with Gasteiger partial charge in [0.15, 0.2) is 5.82 Å². The summed E-state index contributed by atoms with van der Waals surface area (Å²) in [7, 11) is 0. The summed E-state index contributed by atoms with van der Waals surface area (Å²) in [4.78, 5) is 32.5. The molecule has 0 fully saturated rings. The molecule has 8 nitrogen and oxygen atoms in total. The second-order valence-electron chi connectivity index (χ2n) is 13.3. The number of aromatic amines is 1. The number of carbonyl (C=O) groups excluding carboxylic acids is 1. The Kier molecular flexibility index (Phi) is 11.2. The molecule has 43 heavy (non-hydrogen) atoms. The van der Waals surface area contributed by atoms with Crippen molar-refractivity contribution in [1.29, 1.82) is 5.26 Å². The van der Waals surface area contributed by atoms with Gasteiger partial charge in [-0.2, -0.15) is 10.2 Å². The van der Waals surface area contributed by atoms with Crippen molar-refractivity contribution in [2.45, 2.75) is 78.6 Å². The van der Waals surface area contributed by atoms with Gasteiger partial charge >= 0.3 is 11.7 Å². The molecule has 4 rings (SSSR count). The number of amides is 2. The Morgan fingerprint density at radius 2 is 1.00 bits per heavy atom. The maximum Gasteiger partial charge on any atom is 0.348 e. The van der Waals surface area contributed by atoms with Crippen LogP contribution in [0.5, 0.6) is 0 Å². The highest BCUT2D eigenvalue weighted by Gasteiger charge is 2.16. The Balaban J connectivity index is 0.000000334. The lowest BCUT2D eigenvalue weighted by atomic mass is 9.86. The van der Waals surface area contributed by atoms with Crippen molar-refractivity contribution in [3.05, 3.63) is 106 Å². The van der Waals surface area contributed by atoms with E-state index in [4.69, 9.17) is 10.1 Å². The molecule has 4 aromatic rings. The van der Waals surface area contributed by atoms with E-state index in [0.29, 0.717) is 11.6 Å². The number of rotatable bonds is 2. The molecule has 0 radical (unpaired) electrons.